The van der Waals surface area contributed by atoms with Crippen LogP contribution in [0.2, 0.25) is 0 Å². The molecule has 3 atom stereocenters. The minimum atomic E-state index is -0.0141. The molecule has 0 spiro atoms. The van der Waals surface area contributed by atoms with Crippen LogP contribution in [-0.2, 0) is 9.47 Å². The van der Waals surface area contributed by atoms with Gasteiger partial charge in [-0.15, -0.1) is 0 Å². The topological polar surface area (TPSA) is 18.5 Å². The monoisotopic (exact) mass is 240 g/mol. The number of ether oxygens (including phenoxy) is 2. The summed E-state index contributed by atoms with van der Waals surface area (Å²) in [7, 11) is 0. The minimum absolute atomic E-state index is 0.0141. The molecular weight excluding hydrogens is 212 g/mol. The summed E-state index contributed by atoms with van der Waals surface area (Å²) in [5.41, 5.74) is -0.0141. The Balaban J connectivity index is 2.10. The highest BCUT2D eigenvalue weighted by Gasteiger charge is 2.40. The maximum Gasteiger partial charge on any atom is 0.0679 e. The lowest BCUT2D eigenvalue weighted by Crippen LogP contribution is -2.44. The molecule has 0 amide bonds. The average molecular weight is 240 g/mol. The van der Waals surface area contributed by atoms with Crippen LogP contribution in [0.1, 0.15) is 59.3 Å². The molecule has 0 aliphatic carbocycles. The Morgan fingerprint density at radius 3 is 2.47 bits per heavy atom. The molecule has 0 N–H and O–H groups in total. The van der Waals surface area contributed by atoms with Crippen LogP contribution in [-0.4, -0.2) is 24.9 Å². The molecule has 2 saturated heterocycles. The van der Waals surface area contributed by atoms with Crippen molar-refractivity contribution in [2.75, 3.05) is 13.2 Å². The largest absolute Gasteiger partial charge is 0.378 e. The lowest BCUT2D eigenvalue weighted by atomic mass is 9.77. The van der Waals surface area contributed by atoms with Crippen LogP contribution in [0.25, 0.3) is 0 Å². The summed E-state index contributed by atoms with van der Waals surface area (Å²) >= 11 is 0. The molecule has 2 fully saturated rings. The first kappa shape index (κ1) is 13.4. The van der Waals surface area contributed by atoms with E-state index >= 15 is 0 Å². The van der Waals surface area contributed by atoms with Crippen LogP contribution in [0.15, 0.2) is 0 Å². The van der Waals surface area contributed by atoms with Gasteiger partial charge in [-0.25, -0.2) is 0 Å². The Bertz CT molecular complexity index is 237. The van der Waals surface area contributed by atoms with Crippen molar-refractivity contribution in [2.24, 2.45) is 11.8 Å². The SMILES string of the molecule is CC1CCCCOC1C1CCCCOC1(C)C. The van der Waals surface area contributed by atoms with Crippen molar-refractivity contribution in [3.63, 3.8) is 0 Å². The molecule has 0 bridgehead atoms. The fourth-order valence-corrected chi connectivity index (χ4v) is 3.45. The van der Waals surface area contributed by atoms with Crippen molar-refractivity contribution < 1.29 is 9.47 Å². The third kappa shape index (κ3) is 3.23. The van der Waals surface area contributed by atoms with Gasteiger partial charge < -0.3 is 9.47 Å². The molecule has 0 aromatic carbocycles. The zero-order valence-electron chi connectivity index (χ0n) is 11.7. The summed E-state index contributed by atoms with van der Waals surface area (Å²) in [5.74, 6) is 1.25. The highest BCUT2D eigenvalue weighted by atomic mass is 16.5. The molecular formula is C15H28O2. The maximum atomic E-state index is 6.17. The molecule has 0 aromatic heterocycles. The highest BCUT2D eigenvalue weighted by Crippen LogP contribution is 2.38. The summed E-state index contributed by atoms with van der Waals surface area (Å²) in [5, 5.41) is 0. The molecule has 0 radical (unpaired) electrons. The predicted octanol–water partition coefficient (Wildman–Crippen LogP) is 3.79. The van der Waals surface area contributed by atoms with E-state index in [0.717, 1.165) is 13.2 Å². The molecule has 0 aromatic rings. The minimum Gasteiger partial charge on any atom is -0.378 e. The Morgan fingerprint density at radius 2 is 1.65 bits per heavy atom. The first-order valence-corrected chi connectivity index (χ1v) is 7.37. The van der Waals surface area contributed by atoms with E-state index in [-0.39, 0.29) is 5.60 Å². The van der Waals surface area contributed by atoms with Gasteiger partial charge in [0.05, 0.1) is 11.7 Å². The van der Waals surface area contributed by atoms with Gasteiger partial charge in [-0.2, -0.15) is 0 Å². The van der Waals surface area contributed by atoms with Crippen molar-refractivity contribution >= 4 is 0 Å². The van der Waals surface area contributed by atoms with Gasteiger partial charge >= 0.3 is 0 Å². The van der Waals surface area contributed by atoms with Crippen LogP contribution in [0.4, 0.5) is 0 Å². The van der Waals surface area contributed by atoms with Crippen molar-refractivity contribution in [3.8, 4) is 0 Å². The Hall–Kier alpha value is -0.0800. The molecule has 2 aliphatic rings. The average Bonchev–Trinajstić information content (AvgIpc) is 2.57. The van der Waals surface area contributed by atoms with Crippen molar-refractivity contribution in [3.05, 3.63) is 0 Å². The maximum absolute atomic E-state index is 6.17. The number of hydrogen-bond acceptors (Lipinski definition) is 2. The molecule has 2 heteroatoms. The third-order valence-corrected chi connectivity index (χ3v) is 4.60. The predicted molar refractivity (Wildman–Crippen MR) is 70.1 cm³/mol. The first-order chi connectivity index (χ1) is 8.11. The van der Waals surface area contributed by atoms with Gasteiger partial charge in [-0.05, 0) is 45.4 Å². The van der Waals surface area contributed by atoms with E-state index in [1.165, 1.54) is 38.5 Å². The van der Waals surface area contributed by atoms with Crippen LogP contribution in [0.5, 0.6) is 0 Å². The van der Waals surface area contributed by atoms with Crippen molar-refractivity contribution in [1.82, 2.24) is 0 Å². The van der Waals surface area contributed by atoms with Crippen LogP contribution >= 0.6 is 0 Å². The van der Waals surface area contributed by atoms with Gasteiger partial charge in [0.1, 0.15) is 0 Å². The fourth-order valence-electron chi connectivity index (χ4n) is 3.45. The summed E-state index contributed by atoms with van der Waals surface area (Å²) < 4.78 is 12.2. The van der Waals surface area contributed by atoms with Crippen molar-refractivity contribution in [2.45, 2.75) is 71.0 Å². The van der Waals surface area contributed by atoms with Gasteiger partial charge in [-0.1, -0.05) is 19.8 Å². The zero-order valence-corrected chi connectivity index (χ0v) is 11.7. The molecule has 0 saturated carbocycles. The summed E-state index contributed by atoms with van der Waals surface area (Å²) in [6.07, 6.45) is 8.05. The van der Waals surface area contributed by atoms with Crippen LogP contribution in [0, 0.1) is 11.8 Å². The van der Waals surface area contributed by atoms with E-state index in [4.69, 9.17) is 9.47 Å². The second-order valence-corrected chi connectivity index (χ2v) is 6.36. The molecule has 17 heavy (non-hydrogen) atoms. The second-order valence-electron chi connectivity index (χ2n) is 6.36. The quantitative estimate of drug-likeness (QED) is 0.694. The fraction of sp³-hybridized carbons (Fsp3) is 1.00. The number of hydrogen-bond donors (Lipinski definition) is 0. The van der Waals surface area contributed by atoms with E-state index in [1.54, 1.807) is 0 Å². The van der Waals surface area contributed by atoms with Gasteiger partial charge in [0.15, 0.2) is 0 Å². The van der Waals surface area contributed by atoms with E-state index in [1.807, 2.05) is 0 Å². The number of rotatable bonds is 1. The van der Waals surface area contributed by atoms with Gasteiger partial charge in [0.25, 0.3) is 0 Å². The lowest BCUT2D eigenvalue weighted by molar-refractivity contribution is -0.116. The summed E-state index contributed by atoms with van der Waals surface area (Å²) in [6.45, 7) is 8.73. The Morgan fingerprint density at radius 1 is 0.941 bits per heavy atom. The molecule has 3 unspecified atom stereocenters. The lowest BCUT2D eigenvalue weighted by Gasteiger charge is -2.39. The molecule has 2 nitrogen and oxygen atoms in total. The summed E-state index contributed by atoms with van der Waals surface area (Å²) in [4.78, 5) is 0. The highest BCUT2D eigenvalue weighted by molar-refractivity contribution is 4.90. The Labute approximate surface area is 106 Å². The van der Waals surface area contributed by atoms with E-state index in [2.05, 4.69) is 20.8 Å². The van der Waals surface area contributed by atoms with E-state index in [9.17, 15) is 0 Å². The molecule has 2 aliphatic heterocycles. The van der Waals surface area contributed by atoms with Crippen LogP contribution < -0.4 is 0 Å². The normalized spacial score (nSPS) is 39.4. The second kappa shape index (κ2) is 5.71. The van der Waals surface area contributed by atoms with E-state index < -0.39 is 0 Å². The third-order valence-electron chi connectivity index (χ3n) is 4.60. The van der Waals surface area contributed by atoms with Gasteiger partial charge in [0, 0.05) is 19.1 Å². The van der Waals surface area contributed by atoms with Crippen LogP contribution in [0.3, 0.4) is 0 Å². The standard InChI is InChI=1S/C15H28O2/c1-12-8-4-6-10-16-14(12)13-9-5-7-11-17-15(13,2)3/h12-14H,4-11H2,1-3H3. The summed E-state index contributed by atoms with van der Waals surface area (Å²) in [6, 6.07) is 0. The molecule has 2 rings (SSSR count). The molecule has 100 valence electrons. The van der Waals surface area contributed by atoms with Crippen molar-refractivity contribution in [1.29, 1.82) is 0 Å². The van der Waals surface area contributed by atoms with E-state index in [0.29, 0.717) is 17.9 Å². The smallest absolute Gasteiger partial charge is 0.0679 e. The zero-order chi connectivity index (χ0) is 12.3. The van der Waals surface area contributed by atoms with Gasteiger partial charge in [0.2, 0.25) is 0 Å². The first-order valence-electron chi connectivity index (χ1n) is 7.37. The molecule has 2 heterocycles. The Kier molecular flexibility index (Phi) is 4.48. The van der Waals surface area contributed by atoms with Gasteiger partial charge in [-0.3, -0.25) is 0 Å².